The van der Waals surface area contributed by atoms with Gasteiger partial charge in [-0.3, -0.25) is 5.84 Å². The van der Waals surface area contributed by atoms with E-state index in [-0.39, 0.29) is 0 Å². The highest BCUT2D eigenvalue weighted by Gasteiger charge is 2.39. The fourth-order valence-corrected chi connectivity index (χ4v) is 0.325. The minimum absolute atomic E-state index is 0.903. The Hall–Kier alpha value is -0.690. The second-order valence-corrected chi connectivity index (χ2v) is 1.57. The Labute approximate surface area is 54.5 Å². The van der Waals surface area contributed by atoms with Crippen molar-refractivity contribution in [1.82, 2.24) is 5.43 Å². The van der Waals surface area contributed by atoms with Crippen LogP contribution in [0.1, 0.15) is 0 Å². The molecule has 0 aromatic rings. The predicted octanol–water partition coefficient (Wildman–Crippen LogP) is 0.147. The summed E-state index contributed by atoms with van der Waals surface area (Å²) < 4.78 is 34.7. The van der Waals surface area contributed by atoms with Gasteiger partial charge in [-0.1, -0.05) is 5.18 Å². The van der Waals surface area contributed by atoms with Crippen molar-refractivity contribution in [3.8, 4) is 0 Å². The Morgan fingerprint density at radius 3 is 2.20 bits per heavy atom. The molecule has 0 saturated heterocycles. The Bertz CT molecular complexity index is 114. The molecule has 0 aliphatic rings. The van der Waals surface area contributed by atoms with E-state index in [2.05, 4.69) is 11.0 Å². The van der Waals surface area contributed by atoms with Crippen LogP contribution in [0.25, 0.3) is 0 Å². The molecule has 10 heavy (non-hydrogen) atoms. The standard InChI is InChI=1S/C3H6F3N3O/c4-3(5,6)2(9-7)1-8-10/h2,9H,1,7H2. The largest absolute Gasteiger partial charge is 0.407 e. The molecule has 0 aliphatic heterocycles. The molecule has 0 radical (unpaired) electrons. The highest BCUT2D eigenvalue weighted by molar-refractivity contribution is 4.74. The van der Waals surface area contributed by atoms with Crippen LogP contribution in [0.5, 0.6) is 0 Å². The zero-order valence-corrected chi connectivity index (χ0v) is 4.85. The van der Waals surface area contributed by atoms with E-state index in [4.69, 9.17) is 0 Å². The first kappa shape index (κ1) is 9.31. The Morgan fingerprint density at radius 2 is 2.10 bits per heavy atom. The molecule has 60 valence electrons. The van der Waals surface area contributed by atoms with E-state index in [1.807, 2.05) is 0 Å². The van der Waals surface area contributed by atoms with Gasteiger partial charge in [0.05, 0.1) is 0 Å². The van der Waals surface area contributed by atoms with Gasteiger partial charge >= 0.3 is 6.18 Å². The third kappa shape index (κ3) is 2.74. The molecule has 0 saturated carbocycles. The number of halogens is 3. The third-order valence-electron chi connectivity index (χ3n) is 0.853. The topological polar surface area (TPSA) is 67.5 Å². The maximum atomic E-state index is 11.6. The molecule has 0 aliphatic carbocycles. The third-order valence-corrected chi connectivity index (χ3v) is 0.853. The first-order chi connectivity index (χ1) is 4.52. The highest BCUT2D eigenvalue weighted by Crippen LogP contribution is 2.19. The van der Waals surface area contributed by atoms with Crippen LogP contribution in [0.15, 0.2) is 5.18 Å². The second kappa shape index (κ2) is 3.47. The second-order valence-electron chi connectivity index (χ2n) is 1.57. The van der Waals surface area contributed by atoms with Crippen molar-refractivity contribution in [2.75, 3.05) is 6.54 Å². The number of nitroso groups, excluding NO2 is 1. The van der Waals surface area contributed by atoms with Gasteiger partial charge in [-0.2, -0.15) is 18.1 Å². The van der Waals surface area contributed by atoms with Crippen LogP contribution in [0.2, 0.25) is 0 Å². The molecule has 0 heterocycles. The molecule has 7 heteroatoms. The molecule has 1 atom stereocenters. The van der Waals surface area contributed by atoms with Gasteiger partial charge in [-0.25, -0.2) is 5.43 Å². The lowest BCUT2D eigenvalue weighted by Gasteiger charge is -2.14. The number of hydrogen-bond acceptors (Lipinski definition) is 4. The van der Waals surface area contributed by atoms with Crippen LogP contribution >= 0.6 is 0 Å². The Kier molecular flexibility index (Phi) is 3.23. The SMILES string of the molecule is NNC(CN=O)C(F)(F)F. The number of nitrogens with one attached hydrogen (secondary N) is 1. The van der Waals surface area contributed by atoms with Gasteiger partial charge in [0.2, 0.25) is 0 Å². The summed E-state index contributed by atoms with van der Waals surface area (Å²) in [5.41, 5.74) is 1.42. The maximum Gasteiger partial charge on any atom is 0.407 e. The normalized spacial score (nSPS) is 14.8. The number of nitrogens with two attached hydrogens (primary N) is 1. The summed E-state index contributed by atoms with van der Waals surface area (Å²) >= 11 is 0. The number of hydrazine groups is 1. The summed E-state index contributed by atoms with van der Waals surface area (Å²) in [6, 6.07) is -2.04. The molecule has 4 nitrogen and oxygen atoms in total. The van der Waals surface area contributed by atoms with Gasteiger partial charge in [-0.05, 0) is 0 Å². The summed E-state index contributed by atoms with van der Waals surface area (Å²) in [6.45, 7) is -0.903. The molecule has 0 bridgehead atoms. The van der Waals surface area contributed by atoms with E-state index in [0.29, 0.717) is 0 Å². The monoisotopic (exact) mass is 157 g/mol. The first-order valence-corrected chi connectivity index (χ1v) is 2.34. The van der Waals surface area contributed by atoms with Crippen LogP contribution in [0.3, 0.4) is 0 Å². The molecular formula is C3H6F3N3O. The van der Waals surface area contributed by atoms with Crippen LogP contribution in [0, 0.1) is 4.91 Å². The lowest BCUT2D eigenvalue weighted by molar-refractivity contribution is -0.153. The van der Waals surface area contributed by atoms with Crippen molar-refractivity contribution in [3.63, 3.8) is 0 Å². The van der Waals surface area contributed by atoms with Crippen LogP contribution < -0.4 is 11.3 Å². The van der Waals surface area contributed by atoms with Crippen molar-refractivity contribution in [1.29, 1.82) is 0 Å². The van der Waals surface area contributed by atoms with Gasteiger partial charge in [-0.15, -0.1) is 0 Å². The zero-order valence-electron chi connectivity index (χ0n) is 4.85. The lowest BCUT2D eigenvalue weighted by atomic mass is 10.3. The van der Waals surface area contributed by atoms with E-state index in [1.165, 1.54) is 5.43 Å². The van der Waals surface area contributed by atoms with Gasteiger partial charge in [0.1, 0.15) is 12.6 Å². The van der Waals surface area contributed by atoms with Crippen molar-refractivity contribution >= 4 is 0 Å². The van der Waals surface area contributed by atoms with Gasteiger partial charge in [0, 0.05) is 0 Å². The van der Waals surface area contributed by atoms with Crippen LogP contribution in [0.4, 0.5) is 13.2 Å². The Morgan fingerprint density at radius 1 is 1.60 bits per heavy atom. The van der Waals surface area contributed by atoms with Crippen molar-refractivity contribution < 1.29 is 13.2 Å². The summed E-state index contributed by atoms with van der Waals surface area (Å²) in [6.07, 6.45) is -4.51. The summed E-state index contributed by atoms with van der Waals surface area (Å²) in [7, 11) is 0. The van der Waals surface area contributed by atoms with Crippen LogP contribution in [-0.4, -0.2) is 18.8 Å². The molecule has 3 N–H and O–H groups in total. The summed E-state index contributed by atoms with van der Waals surface area (Å²) in [5.74, 6) is 4.48. The van der Waals surface area contributed by atoms with E-state index in [9.17, 15) is 18.1 Å². The van der Waals surface area contributed by atoms with Crippen LogP contribution in [-0.2, 0) is 0 Å². The quantitative estimate of drug-likeness (QED) is 0.348. The molecule has 0 fully saturated rings. The summed E-state index contributed by atoms with van der Waals surface area (Å²) in [4.78, 5) is 9.38. The number of alkyl halides is 3. The summed E-state index contributed by atoms with van der Waals surface area (Å²) in [5, 5.41) is 2.06. The minimum Gasteiger partial charge on any atom is -0.271 e. The minimum atomic E-state index is -4.51. The van der Waals surface area contributed by atoms with Gasteiger partial charge in [0.25, 0.3) is 0 Å². The molecule has 1 unspecified atom stereocenters. The van der Waals surface area contributed by atoms with E-state index in [1.54, 1.807) is 0 Å². The van der Waals surface area contributed by atoms with E-state index in [0.717, 1.165) is 0 Å². The van der Waals surface area contributed by atoms with Crippen molar-refractivity contribution in [2.24, 2.45) is 11.0 Å². The highest BCUT2D eigenvalue weighted by atomic mass is 19.4. The average molecular weight is 157 g/mol. The molecule has 0 aromatic heterocycles. The molecular weight excluding hydrogens is 151 g/mol. The molecule has 0 rings (SSSR count). The smallest absolute Gasteiger partial charge is 0.271 e. The molecule has 0 aromatic carbocycles. The lowest BCUT2D eigenvalue weighted by Crippen LogP contribution is -2.48. The van der Waals surface area contributed by atoms with E-state index >= 15 is 0 Å². The molecule has 0 spiro atoms. The fourth-order valence-electron chi connectivity index (χ4n) is 0.325. The average Bonchev–Trinajstić information content (AvgIpc) is 1.80. The van der Waals surface area contributed by atoms with Crippen molar-refractivity contribution in [3.05, 3.63) is 4.91 Å². The zero-order chi connectivity index (χ0) is 8.20. The molecule has 0 amide bonds. The number of hydrogen-bond donors (Lipinski definition) is 2. The Balaban J connectivity index is 3.92. The fraction of sp³-hybridized carbons (Fsp3) is 1.00. The number of rotatable bonds is 3. The first-order valence-electron chi connectivity index (χ1n) is 2.34. The van der Waals surface area contributed by atoms with Crippen molar-refractivity contribution in [2.45, 2.75) is 12.2 Å². The predicted molar refractivity (Wildman–Crippen MR) is 27.8 cm³/mol. The maximum absolute atomic E-state index is 11.6. The van der Waals surface area contributed by atoms with E-state index < -0.39 is 18.8 Å². The van der Waals surface area contributed by atoms with Gasteiger partial charge < -0.3 is 0 Å². The van der Waals surface area contributed by atoms with Gasteiger partial charge in [0.15, 0.2) is 0 Å². The number of nitrogens with zero attached hydrogens (tertiary/aromatic N) is 1.